The summed E-state index contributed by atoms with van der Waals surface area (Å²) in [5, 5.41) is 2.11. The molecule has 64 valence electrons. The lowest BCUT2D eigenvalue weighted by Crippen LogP contribution is -2.32. The van der Waals surface area contributed by atoms with Crippen LogP contribution < -0.4 is 0 Å². The highest BCUT2D eigenvalue weighted by Gasteiger charge is 2.38. The van der Waals surface area contributed by atoms with Crippen molar-refractivity contribution in [2.75, 3.05) is 0 Å². The Labute approximate surface area is 76.4 Å². The summed E-state index contributed by atoms with van der Waals surface area (Å²) in [6.45, 7) is 4.16. The molecule has 1 aromatic heterocycles. The molecule has 1 aliphatic rings. The third-order valence-corrected chi connectivity index (χ3v) is 3.92. The smallest absolute Gasteiger partial charge is 0.137 e. The molecule has 1 heterocycles. The third kappa shape index (κ3) is 1.02. The molecule has 2 unspecified atom stereocenters. The first-order valence-corrected chi connectivity index (χ1v) is 5.15. The van der Waals surface area contributed by atoms with E-state index in [0.29, 0.717) is 11.7 Å². The number of carbonyl (C=O) groups is 1. The second kappa shape index (κ2) is 2.70. The van der Waals surface area contributed by atoms with E-state index in [1.54, 1.807) is 11.3 Å². The highest BCUT2D eigenvalue weighted by Crippen LogP contribution is 2.42. The Bertz CT molecular complexity index is 313. The Kier molecular flexibility index (Phi) is 1.80. The molecule has 0 radical (unpaired) electrons. The van der Waals surface area contributed by atoms with Crippen molar-refractivity contribution >= 4 is 17.1 Å². The van der Waals surface area contributed by atoms with Gasteiger partial charge in [0.25, 0.3) is 0 Å². The van der Waals surface area contributed by atoms with E-state index in [4.69, 9.17) is 0 Å². The number of Topliss-reactive ketones (excluding diaryl/α,β-unsaturated/α-hetero) is 1. The zero-order valence-corrected chi connectivity index (χ0v) is 8.15. The fraction of sp³-hybridized carbons (Fsp3) is 0.500. The number of aryl methyl sites for hydroxylation is 1. The molecule has 1 aromatic rings. The average Bonchev–Trinajstić information content (AvgIpc) is 2.46. The molecule has 0 aromatic carbocycles. The number of hydrogen-bond acceptors (Lipinski definition) is 2. The van der Waals surface area contributed by atoms with Crippen molar-refractivity contribution in [2.45, 2.75) is 26.2 Å². The predicted octanol–water partition coefficient (Wildman–Crippen LogP) is 2.75. The molecule has 1 saturated carbocycles. The van der Waals surface area contributed by atoms with Crippen molar-refractivity contribution < 1.29 is 4.79 Å². The summed E-state index contributed by atoms with van der Waals surface area (Å²) in [4.78, 5) is 12.5. The lowest BCUT2D eigenvalue weighted by Gasteiger charge is -2.31. The first-order chi connectivity index (χ1) is 5.70. The van der Waals surface area contributed by atoms with E-state index >= 15 is 0 Å². The van der Waals surface area contributed by atoms with Crippen molar-refractivity contribution in [1.29, 1.82) is 0 Å². The van der Waals surface area contributed by atoms with Crippen molar-refractivity contribution in [3.05, 3.63) is 21.9 Å². The average molecular weight is 180 g/mol. The second-order valence-corrected chi connectivity index (χ2v) is 4.48. The van der Waals surface area contributed by atoms with Crippen molar-refractivity contribution in [2.24, 2.45) is 5.92 Å². The molecule has 1 nitrogen and oxygen atoms in total. The summed E-state index contributed by atoms with van der Waals surface area (Å²) in [6.07, 6.45) is 0.766. The maximum atomic E-state index is 11.1. The summed E-state index contributed by atoms with van der Waals surface area (Å²) in [5.41, 5.74) is 1.35. The fourth-order valence-corrected chi connectivity index (χ4v) is 2.86. The molecule has 1 aliphatic carbocycles. The Morgan fingerprint density at radius 2 is 2.33 bits per heavy atom. The van der Waals surface area contributed by atoms with E-state index in [1.165, 1.54) is 10.4 Å². The molecule has 0 amide bonds. The van der Waals surface area contributed by atoms with Crippen LogP contribution in [-0.2, 0) is 4.79 Å². The molecule has 12 heavy (non-hydrogen) atoms. The van der Waals surface area contributed by atoms with Crippen LogP contribution in [0.3, 0.4) is 0 Å². The lowest BCUT2D eigenvalue weighted by atomic mass is 9.72. The summed E-state index contributed by atoms with van der Waals surface area (Å²) in [6, 6.07) is 2.13. The predicted molar refractivity (Wildman–Crippen MR) is 50.6 cm³/mol. The summed E-state index contributed by atoms with van der Waals surface area (Å²) in [7, 11) is 0. The molecular formula is C10H12OS. The topological polar surface area (TPSA) is 17.1 Å². The van der Waals surface area contributed by atoms with Crippen LogP contribution in [-0.4, -0.2) is 5.78 Å². The first-order valence-electron chi connectivity index (χ1n) is 4.27. The van der Waals surface area contributed by atoms with Crippen LogP contribution in [0.15, 0.2) is 11.4 Å². The summed E-state index contributed by atoms with van der Waals surface area (Å²) in [5.74, 6) is 1.22. The summed E-state index contributed by atoms with van der Waals surface area (Å²) >= 11 is 1.79. The number of hydrogen-bond donors (Lipinski definition) is 0. The fourth-order valence-electron chi connectivity index (χ4n) is 1.73. The van der Waals surface area contributed by atoms with Gasteiger partial charge in [-0.25, -0.2) is 0 Å². The van der Waals surface area contributed by atoms with E-state index in [9.17, 15) is 4.79 Å². The van der Waals surface area contributed by atoms with Crippen LogP contribution in [0.5, 0.6) is 0 Å². The molecule has 2 atom stereocenters. The van der Waals surface area contributed by atoms with Crippen LogP contribution in [0.4, 0.5) is 0 Å². The highest BCUT2D eigenvalue weighted by atomic mass is 32.1. The van der Waals surface area contributed by atoms with Gasteiger partial charge in [-0.3, -0.25) is 4.79 Å². The molecule has 0 spiro atoms. The normalized spacial score (nSPS) is 28.7. The van der Waals surface area contributed by atoms with E-state index in [2.05, 4.69) is 18.4 Å². The van der Waals surface area contributed by atoms with Gasteiger partial charge in [-0.2, -0.15) is 0 Å². The number of rotatable bonds is 1. The minimum atomic E-state index is 0.266. The standard InChI is InChI=1S/C10H12OS/c1-6-3-4-12-10(6)8-5-9(11)7(8)2/h3-4,7-8H,5H2,1-2H3. The Morgan fingerprint density at radius 3 is 2.75 bits per heavy atom. The van der Waals surface area contributed by atoms with Gasteiger partial charge in [0.1, 0.15) is 5.78 Å². The van der Waals surface area contributed by atoms with Crippen LogP contribution >= 0.6 is 11.3 Å². The molecular weight excluding hydrogens is 168 g/mol. The number of ketones is 1. The largest absolute Gasteiger partial charge is 0.299 e. The maximum Gasteiger partial charge on any atom is 0.137 e. The van der Waals surface area contributed by atoms with Gasteiger partial charge in [-0.15, -0.1) is 11.3 Å². The molecule has 1 fully saturated rings. The molecule has 0 N–H and O–H groups in total. The van der Waals surface area contributed by atoms with Gasteiger partial charge in [-0.05, 0) is 23.9 Å². The van der Waals surface area contributed by atoms with E-state index < -0.39 is 0 Å². The molecule has 0 saturated heterocycles. The molecule has 2 heteroatoms. The van der Waals surface area contributed by atoms with Crippen LogP contribution in [0.25, 0.3) is 0 Å². The van der Waals surface area contributed by atoms with Crippen LogP contribution in [0.2, 0.25) is 0 Å². The van der Waals surface area contributed by atoms with Gasteiger partial charge in [-0.1, -0.05) is 6.92 Å². The second-order valence-electron chi connectivity index (χ2n) is 3.53. The highest BCUT2D eigenvalue weighted by molar-refractivity contribution is 7.10. The SMILES string of the molecule is Cc1ccsc1C1CC(=O)C1C. The van der Waals surface area contributed by atoms with E-state index in [0.717, 1.165) is 6.42 Å². The summed E-state index contributed by atoms with van der Waals surface area (Å²) < 4.78 is 0. The van der Waals surface area contributed by atoms with Gasteiger partial charge in [0, 0.05) is 23.1 Å². The zero-order valence-electron chi connectivity index (χ0n) is 7.33. The number of thiophene rings is 1. The minimum absolute atomic E-state index is 0.266. The Morgan fingerprint density at radius 1 is 1.58 bits per heavy atom. The Balaban J connectivity index is 2.23. The molecule has 0 bridgehead atoms. The van der Waals surface area contributed by atoms with Crippen molar-refractivity contribution in [1.82, 2.24) is 0 Å². The van der Waals surface area contributed by atoms with Crippen molar-refractivity contribution in [3.8, 4) is 0 Å². The zero-order chi connectivity index (χ0) is 8.72. The van der Waals surface area contributed by atoms with Gasteiger partial charge in [0.05, 0.1) is 0 Å². The van der Waals surface area contributed by atoms with Crippen LogP contribution in [0, 0.1) is 12.8 Å². The monoisotopic (exact) mass is 180 g/mol. The van der Waals surface area contributed by atoms with E-state index in [-0.39, 0.29) is 5.92 Å². The van der Waals surface area contributed by atoms with Gasteiger partial charge >= 0.3 is 0 Å². The minimum Gasteiger partial charge on any atom is -0.299 e. The van der Waals surface area contributed by atoms with Gasteiger partial charge in [0.15, 0.2) is 0 Å². The van der Waals surface area contributed by atoms with E-state index in [1.807, 2.05) is 6.92 Å². The first kappa shape index (κ1) is 7.99. The Hall–Kier alpha value is -0.630. The maximum absolute atomic E-state index is 11.1. The van der Waals surface area contributed by atoms with Crippen molar-refractivity contribution in [3.63, 3.8) is 0 Å². The molecule has 0 aliphatic heterocycles. The van der Waals surface area contributed by atoms with Gasteiger partial charge in [0.2, 0.25) is 0 Å². The van der Waals surface area contributed by atoms with Gasteiger partial charge < -0.3 is 0 Å². The number of carbonyl (C=O) groups excluding carboxylic acids is 1. The lowest BCUT2D eigenvalue weighted by molar-refractivity contribution is -0.130. The van der Waals surface area contributed by atoms with Crippen LogP contribution in [0.1, 0.15) is 29.7 Å². The third-order valence-electron chi connectivity index (χ3n) is 2.77. The molecule has 2 rings (SSSR count). The quantitative estimate of drug-likeness (QED) is 0.649.